The minimum absolute atomic E-state index is 0.0292. The van der Waals surface area contributed by atoms with Gasteiger partial charge in [-0.1, -0.05) is 30.3 Å². The van der Waals surface area contributed by atoms with Crippen molar-refractivity contribution in [1.29, 1.82) is 0 Å². The molecule has 0 heterocycles. The molecule has 1 N–H and O–H groups in total. The lowest BCUT2D eigenvalue weighted by Gasteiger charge is -2.14. The highest BCUT2D eigenvalue weighted by atomic mass is 19.3. The van der Waals surface area contributed by atoms with Crippen molar-refractivity contribution in [3.05, 3.63) is 59.7 Å². The number of methoxy groups -OCH3 is 1. The Kier molecular flexibility index (Phi) is 5.11. The summed E-state index contributed by atoms with van der Waals surface area (Å²) in [7, 11) is 1.56. The standard InChI is InChI=1S/C16H16F2O3/c1-20-15-8-3-2-5-12(15)10-14(19)11-6-4-7-13(9-11)21-16(17)18/h2-9,14,16,19H,10H2,1H3. The van der Waals surface area contributed by atoms with Crippen LogP contribution in [0.4, 0.5) is 8.78 Å². The van der Waals surface area contributed by atoms with Gasteiger partial charge in [0.15, 0.2) is 0 Å². The monoisotopic (exact) mass is 294 g/mol. The van der Waals surface area contributed by atoms with Gasteiger partial charge in [0, 0.05) is 6.42 Å². The maximum Gasteiger partial charge on any atom is 0.387 e. The Balaban J connectivity index is 2.14. The summed E-state index contributed by atoms with van der Waals surface area (Å²) in [4.78, 5) is 0. The van der Waals surface area contributed by atoms with E-state index >= 15 is 0 Å². The number of hydrogen-bond donors (Lipinski definition) is 1. The van der Waals surface area contributed by atoms with Crippen LogP contribution < -0.4 is 9.47 Å². The lowest BCUT2D eigenvalue weighted by Crippen LogP contribution is -2.05. The molecule has 0 radical (unpaired) electrons. The molecule has 0 amide bonds. The summed E-state index contributed by atoms with van der Waals surface area (Å²) in [5.74, 6) is 0.707. The van der Waals surface area contributed by atoms with Gasteiger partial charge >= 0.3 is 6.61 Å². The second-order valence-electron chi connectivity index (χ2n) is 4.48. The lowest BCUT2D eigenvalue weighted by molar-refractivity contribution is -0.0499. The van der Waals surface area contributed by atoms with Crippen LogP contribution >= 0.6 is 0 Å². The second kappa shape index (κ2) is 7.04. The number of halogens is 2. The first-order valence-electron chi connectivity index (χ1n) is 6.45. The molecule has 0 bridgehead atoms. The van der Waals surface area contributed by atoms with Crippen LogP contribution in [0.25, 0.3) is 0 Å². The van der Waals surface area contributed by atoms with E-state index in [2.05, 4.69) is 4.74 Å². The highest BCUT2D eigenvalue weighted by Crippen LogP contribution is 2.27. The summed E-state index contributed by atoms with van der Waals surface area (Å²) >= 11 is 0. The van der Waals surface area contributed by atoms with Crippen molar-refractivity contribution >= 4 is 0 Å². The Morgan fingerprint density at radius 2 is 1.86 bits per heavy atom. The fourth-order valence-corrected chi connectivity index (χ4v) is 2.10. The average Bonchev–Trinajstić information content (AvgIpc) is 2.47. The van der Waals surface area contributed by atoms with Crippen LogP contribution in [0.15, 0.2) is 48.5 Å². The van der Waals surface area contributed by atoms with Gasteiger partial charge in [0.25, 0.3) is 0 Å². The van der Waals surface area contributed by atoms with Crippen LogP contribution in [0.3, 0.4) is 0 Å². The molecule has 0 aromatic heterocycles. The molecule has 112 valence electrons. The van der Waals surface area contributed by atoms with E-state index in [4.69, 9.17) is 4.74 Å². The number of aliphatic hydroxyl groups is 1. The lowest BCUT2D eigenvalue weighted by atomic mass is 10.0. The van der Waals surface area contributed by atoms with E-state index in [0.29, 0.717) is 17.7 Å². The molecule has 1 unspecified atom stereocenters. The smallest absolute Gasteiger partial charge is 0.387 e. The maximum absolute atomic E-state index is 12.2. The van der Waals surface area contributed by atoms with E-state index in [0.717, 1.165) is 5.56 Å². The Bertz CT molecular complexity index is 587. The number of alkyl halides is 2. The molecule has 2 aromatic rings. The zero-order valence-electron chi connectivity index (χ0n) is 11.5. The van der Waals surface area contributed by atoms with Gasteiger partial charge in [-0.3, -0.25) is 0 Å². The highest BCUT2D eigenvalue weighted by Gasteiger charge is 2.13. The van der Waals surface area contributed by atoms with Crippen molar-refractivity contribution in [1.82, 2.24) is 0 Å². The fraction of sp³-hybridized carbons (Fsp3) is 0.250. The van der Waals surface area contributed by atoms with Crippen molar-refractivity contribution in [2.75, 3.05) is 7.11 Å². The molecule has 3 nitrogen and oxygen atoms in total. The molecular formula is C16H16F2O3. The molecule has 0 spiro atoms. The summed E-state index contributed by atoms with van der Waals surface area (Å²) in [6.45, 7) is -2.88. The molecule has 21 heavy (non-hydrogen) atoms. The number of ether oxygens (including phenoxy) is 2. The van der Waals surface area contributed by atoms with Gasteiger partial charge in [-0.05, 0) is 29.3 Å². The largest absolute Gasteiger partial charge is 0.496 e. The van der Waals surface area contributed by atoms with Crippen LogP contribution in [0.1, 0.15) is 17.2 Å². The van der Waals surface area contributed by atoms with Crippen molar-refractivity contribution in [2.45, 2.75) is 19.1 Å². The van der Waals surface area contributed by atoms with E-state index in [1.807, 2.05) is 18.2 Å². The van der Waals surface area contributed by atoms with E-state index in [1.54, 1.807) is 25.3 Å². The third-order valence-corrected chi connectivity index (χ3v) is 3.07. The van der Waals surface area contributed by atoms with E-state index in [1.165, 1.54) is 12.1 Å². The Labute approximate surface area is 121 Å². The molecule has 2 aromatic carbocycles. The average molecular weight is 294 g/mol. The number of rotatable bonds is 6. The van der Waals surface area contributed by atoms with Gasteiger partial charge in [-0.25, -0.2) is 0 Å². The number of aliphatic hydroxyl groups excluding tert-OH is 1. The number of hydrogen-bond acceptors (Lipinski definition) is 3. The second-order valence-corrected chi connectivity index (χ2v) is 4.48. The van der Waals surface area contributed by atoms with Crippen LogP contribution in [0, 0.1) is 0 Å². The maximum atomic E-state index is 12.2. The zero-order chi connectivity index (χ0) is 15.2. The molecule has 0 aliphatic carbocycles. The van der Waals surface area contributed by atoms with Gasteiger partial charge in [-0.15, -0.1) is 0 Å². The third-order valence-electron chi connectivity index (χ3n) is 3.07. The summed E-state index contributed by atoms with van der Waals surface area (Å²) in [6.07, 6.45) is -0.509. The first kappa shape index (κ1) is 15.3. The van der Waals surface area contributed by atoms with E-state index in [9.17, 15) is 13.9 Å². The van der Waals surface area contributed by atoms with Crippen molar-refractivity contribution < 1.29 is 23.4 Å². The van der Waals surface area contributed by atoms with Gasteiger partial charge in [0.05, 0.1) is 13.2 Å². The van der Waals surface area contributed by atoms with Crippen molar-refractivity contribution in [2.24, 2.45) is 0 Å². The summed E-state index contributed by atoms with van der Waals surface area (Å²) in [6, 6.07) is 13.4. The fourth-order valence-electron chi connectivity index (χ4n) is 2.10. The van der Waals surface area contributed by atoms with Crippen LogP contribution in [-0.4, -0.2) is 18.8 Å². The molecule has 0 fully saturated rings. The predicted octanol–water partition coefficient (Wildman–Crippen LogP) is 3.57. The summed E-state index contributed by atoms with van der Waals surface area (Å²) < 4.78 is 33.9. The van der Waals surface area contributed by atoms with Crippen LogP contribution in [-0.2, 0) is 6.42 Å². The normalized spacial score (nSPS) is 12.2. The SMILES string of the molecule is COc1ccccc1CC(O)c1cccc(OC(F)F)c1. The van der Waals surface area contributed by atoms with E-state index in [-0.39, 0.29) is 5.75 Å². The topological polar surface area (TPSA) is 38.7 Å². The zero-order valence-corrected chi connectivity index (χ0v) is 11.5. The van der Waals surface area contributed by atoms with E-state index < -0.39 is 12.7 Å². The van der Waals surface area contributed by atoms with Gasteiger partial charge in [0.2, 0.25) is 0 Å². The first-order chi connectivity index (χ1) is 10.1. The number of benzene rings is 2. The third kappa shape index (κ3) is 4.16. The number of para-hydroxylation sites is 1. The summed E-state index contributed by atoms with van der Waals surface area (Å²) in [5, 5.41) is 10.3. The quantitative estimate of drug-likeness (QED) is 0.885. The molecule has 0 aliphatic heterocycles. The van der Waals surface area contributed by atoms with Gasteiger partial charge in [-0.2, -0.15) is 8.78 Å². The van der Waals surface area contributed by atoms with Crippen LogP contribution in [0.2, 0.25) is 0 Å². The van der Waals surface area contributed by atoms with Gasteiger partial charge < -0.3 is 14.6 Å². The highest BCUT2D eigenvalue weighted by molar-refractivity contribution is 5.36. The molecule has 2 rings (SSSR count). The Morgan fingerprint density at radius 3 is 2.57 bits per heavy atom. The minimum Gasteiger partial charge on any atom is -0.496 e. The van der Waals surface area contributed by atoms with Gasteiger partial charge in [0.1, 0.15) is 11.5 Å². The molecule has 0 saturated carbocycles. The Hall–Kier alpha value is -2.14. The van der Waals surface area contributed by atoms with Crippen molar-refractivity contribution in [3.8, 4) is 11.5 Å². The molecule has 1 atom stereocenters. The van der Waals surface area contributed by atoms with Crippen molar-refractivity contribution in [3.63, 3.8) is 0 Å². The predicted molar refractivity (Wildman–Crippen MR) is 74.7 cm³/mol. The first-order valence-corrected chi connectivity index (χ1v) is 6.45. The van der Waals surface area contributed by atoms with Crippen LogP contribution in [0.5, 0.6) is 11.5 Å². The Morgan fingerprint density at radius 1 is 1.10 bits per heavy atom. The molecule has 0 saturated heterocycles. The summed E-state index contributed by atoms with van der Waals surface area (Å²) in [5.41, 5.74) is 1.35. The molecular weight excluding hydrogens is 278 g/mol. The minimum atomic E-state index is -2.88. The molecule has 0 aliphatic rings. The molecule has 5 heteroatoms.